The van der Waals surface area contributed by atoms with E-state index in [9.17, 15) is 16.8 Å². The van der Waals surface area contributed by atoms with Crippen LogP contribution >= 0.6 is 0 Å². The molecule has 0 amide bonds. The minimum absolute atomic E-state index is 0.0483. The summed E-state index contributed by atoms with van der Waals surface area (Å²) in [6, 6.07) is -0.566. The van der Waals surface area contributed by atoms with Crippen LogP contribution in [0.3, 0.4) is 0 Å². The van der Waals surface area contributed by atoms with Gasteiger partial charge in [0.25, 0.3) is 0 Å². The summed E-state index contributed by atoms with van der Waals surface area (Å²) < 4.78 is 48.7. The zero-order chi connectivity index (χ0) is 13.3. The monoisotopic (exact) mass is 285 g/mol. The molecule has 2 atom stereocenters. The van der Waals surface area contributed by atoms with Crippen LogP contribution in [0.15, 0.2) is 0 Å². The molecule has 2 N–H and O–H groups in total. The predicted molar refractivity (Wildman–Crippen MR) is 64.8 cm³/mol. The second kappa shape index (κ2) is 5.21. The lowest BCUT2D eigenvalue weighted by atomic mass is 10.1. The quantitative estimate of drug-likeness (QED) is 0.682. The summed E-state index contributed by atoms with van der Waals surface area (Å²) in [4.78, 5) is 0. The highest BCUT2D eigenvalue weighted by Crippen LogP contribution is 2.19. The molecular formula is C9H19NO5S2. The molecule has 102 valence electrons. The third kappa shape index (κ3) is 3.90. The van der Waals surface area contributed by atoms with Gasteiger partial charge in [-0.05, 0) is 12.3 Å². The molecule has 2 unspecified atom stereocenters. The van der Waals surface area contributed by atoms with Crippen LogP contribution in [0.1, 0.15) is 20.3 Å². The molecule has 1 aliphatic rings. The van der Waals surface area contributed by atoms with Crippen LogP contribution in [0.25, 0.3) is 0 Å². The summed E-state index contributed by atoms with van der Waals surface area (Å²) in [5.74, 6) is -0.449. The number of aliphatic hydroxyl groups excluding tert-OH is 1. The first-order chi connectivity index (χ1) is 7.68. The van der Waals surface area contributed by atoms with Gasteiger partial charge in [-0.15, -0.1) is 0 Å². The molecule has 0 bridgehead atoms. The fourth-order valence-corrected chi connectivity index (χ4v) is 6.12. The number of nitrogens with one attached hydrogen (secondary N) is 1. The Labute approximate surface area is 102 Å². The smallest absolute Gasteiger partial charge is 0.215 e. The molecule has 1 aliphatic heterocycles. The lowest BCUT2D eigenvalue weighted by molar-refractivity contribution is 0.227. The normalized spacial score (nSPS) is 26.2. The first-order valence-corrected chi connectivity index (χ1v) is 8.87. The Hall–Kier alpha value is -0.180. The molecule has 0 spiro atoms. The Bertz CT molecular complexity index is 454. The maximum atomic E-state index is 11.9. The van der Waals surface area contributed by atoms with E-state index >= 15 is 0 Å². The number of aliphatic hydroxyl groups is 1. The van der Waals surface area contributed by atoms with E-state index in [2.05, 4.69) is 4.72 Å². The SMILES string of the molecule is CC(C)C(CO)NS(=O)(=O)C1CCS(=O)(=O)C1. The summed E-state index contributed by atoms with van der Waals surface area (Å²) in [5.41, 5.74) is 0. The van der Waals surface area contributed by atoms with E-state index in [1.165, 1.54) is 0 Å². The van der Waals surface area contributed by atoms with Crippen molar-refractivity contribution in [3.63, 3.8) is 0 Å². The van der Waals surface area contributed by atoms with Gasteiger partial charge in [0, 0.05) is 6.04 Å². The van der Waals surface area contributed by atoms with Gasteiger partial charge >= 0.3 is 0 Å². The van der Waals surface area contributed by atoms with E-state index in [1.807, 2.05) is 0 Å². The van der Waals surface area contributed by atoms with E-state index in [0.717, 1.165) is 0 Å². The van der Waals surface area contributed by atoms with Crippen molar-refractivity contribution in [3.05, 3.63) is 0 Å². The van der Waals surface area contributed by atoms with E-state index in [-0.39, 0.29) is 30.5 Å². The summed E-state index contributed by atoms with van der Waals surface area (Å²) in [6.45, 7) is 3.28. The average molecular weight is 285 g/mol. The van der Waals surface area contributed by atoms with Gasteiger partial charge in [-0.3, -0.25) is 0 Å². The van der Waals surface area contributed by atoms with Crippen LogP contribution in [0.4, 0.5) is 0 Å². The van der Waals surface area contributed by atoms with Gasteiger partial charge in [0.05, 0.1) is 23.4 Å². The number of rotatable bonds is 5. The molecule has 1 rings (SSSR count). The highest BCUT2D eigenvalue weighted by atomic mass is 32.2. The minimum atomic E-state index is -3.68. The third-order valence-corrected chi connectivity index (χ3v) is 6.84. The average Bonchev–Trinajstić information content (AvgIpc) is 2.55. The molecule has 0 aliphatic carbocycles. The Balaban J connectivity index is 2.76. The maximum absolute atomic E-state index is 11.9. The largest absolute Gasteiger partial charge is 0.395 e. The second-order valence-corrected chi connectivity index (χ2v) is 8.94. The molecule has 0 aromatic carbocycles. The van der Waals surface area contributed by atoms with Crippen LogP contribution in [-0.4, -0.2) is 51.3 Å². The van der Waals surface area contributed by atoms with Gasteiger partial charge in [0.15, 0.2) is 9.84 Å². The van der Waals surface area contributed by atoms with Crippen molar-refractivity contribution in [1.82, 2.24) is 4.72 Å². The molecular weight excluding hydrogens is 266 g/mol. The first kappa shape index (κ1) is 14.9. The number of sulfonamides is 1. The highest BCUT2D eigenvalue weighted by molar-refractivity contribution is 7.95. The molecule has 0 aromatic heterocycles. The van der Waals surface area contributed by atoms with E-state index in [0.29, 0.717) is 0 Å². The van der Waals surface area contributed by atoms with Gasteiger partial charge in [-0.25, -0.2) is 21.6 Å². The molecule has 0 saturated carbocycles. The van der Waals surface area contributed by atoms with Crippen molar-refractivity contribution in [1.29, 1.82) is 0 Å². The molecule has 6 nitrogen and oxygen atoms in total. The van der Waals surface area contributed by atoms with Crippen molar-refractivity contribution in [2.45, 2.75) is 31.6 Å². The topological polar surface area (TPSA) is 101 Å². The summed E-state index contributed by atoms with van der Waals surface area (Å²) >= 11 is 0. The van der Waals surface area contributed by atoms with E-state index < -0.39 is 31.2 Å². The zero-order valence-corrected chi connectivity index (χ0v) is 11.6. The predicted octanol–water partition coefficient (Wildman–Crippen LogP) is -0.890. The Morgan fingerprint density at radius 1 is 1.41 bits per heavy atom. The van der Waals surface area contributed by atoms with Gasteiger partial charge in [0.1, 0.15) is 0 Å². The Kier molecular flexibility index (Phi) is 4.56. The van der Waals surface area contributed by atoms with Crippen LogP contribution in [-0.2, 0) is 19.9 Å². The lowest BCUT2D eigenvalue weighted by Crippen LogP contribution is -2.45. The van der Waals surface area contributed by atoms with Crippen molar-refractivity contribution in [3.8, 4) is 0 Å². The highest BCUT2D eigenvalue weighted by Gasteiger charge is 2.38. The lowest BCUT2D eigenvalue weighted by Gasteiger charge is -2.21. The van der Waals surface area contributed by atoms with E-state index in [1.54, 1.807) is 13.8 Å². The molecule has 1 saturated heterocycles. The molecule has 8 heteroatoms. The number of hydrogen-bond acceptors (Lipinski definition) is 5. The Morgan fingerprint density at radius 2 is 2.00 bits per heavy atom. The van der Waals surface area contributed by atoms with Crippen LogP contribution in [0, 0.1) is 5.92 Å². The fourth-order valence-electron chi connectivity index (χ4n) is 1.70. The maximum Gasteiger partial charge on any atom is 0.215 e. The zero-order valence-electron chi connectivity index (χ0n) is 9.96. The summed E-state index contributed by atoms with van der Waals surface area (Å²) in [5, 5.41) is 8.17. The van der Waals surface area contributed by atoms with Crippen molar-refractivity contribution < 1.29 is 21.9 Å². The Morgan fingerprint density at radius 3 is 2.35 bits per heavy atom. The standard InChI is InChI=1S/C9H19NO5S2/c1-7(2)9(5-11)10-17(14,15)8-3-4-16(12,13)6-8/h7-11H,3-6H2,1-2H3. The van der Waals surface area contributed by atoms with Gasteiger partial charge in [-0.2, -0.15) is 0 Å². The second-order valence-electron chi connectivity index (χ2n) is 4.72. The molecule has 1 heterocycles. The number of sulfone groups is 1. The first-order valence-electron chi connectivity index (χ1n) is 5.50. The molecule has 17 heavy (non-hydrogen) atoms. The summed E-state index contributed by atoms with van der Waals surface area (Å²) in [7, 11) is -6.90. The molecule has 0 radical (unpaired) electrons. The van der Waals surface area contributed by atoms with Gasteiger partial charge < -0.3 is 5.11 Å². The number of hydrogen-bond donors (Lipinski definition) is 2. The molecule has 1 fully saturated rings. The van der Waals surface area contributed by atoms with Crippen LogP contribution in [0.2, 0.25) is 0 Å². The van der Waals surface area contributed by atoms with E-state index in [4.69, 9.17) is 5.11 Å². The minimum Gasteiger partial charge on any atom is -0.395 e. The van der Waals surface area contributed by atoms with Crippen LogP contribution in [0.5, 0.6) is 0 Å². The van der Waals surface area contributed by atoms with Gasteiger partial charge in [0.2, 0.25) is 10.0 Å². The van der Waals surface area contributed by atoms with Gasteiger partial charge in [-0.1, -0.05) is 13.8 Å². The van der Waals surface area contributed by atoms with Crippen molar-refractivity contribution in [2.75, 3.05) is 18.1 Å². The van der Waals surface area contributed by atoms with Crippen molar-refractivity contribution in [2.24, 2.45) is 5.92 Å². The van der Waals surface area contributed by atoms with Crippen molar-refractivity contribution >= 4 is 19.9 Å². The third-order valence-electron chi connectivity index (χ3n) is 2.95. The molecule has 0 aromatic rings. The summed E-state index contributed by atoms with van der Waals surface area (Å²) in [6.07, 6.45) is 0.133. The fraction of sp³-hybridized carbons (Fsp3) is 1.00. The van der Waals surface area contributed by atoms with Crippen LogP contribution < -0.4 is 4.72 Å².